The zero-order valence-electron chi connectivity index (χ0n) is 15.3. The van der Waals surface area contributed by atoms with Gasteiger partial charge in [-0.2, -0.15) is 0 Å². The SMILES string of the molecule is Cc1c[nH]c(=O)c2c(C(=O)N3CC4CC4(c4ccccc4F)C3)cn(C)c12. The quantitative estimate of drug-likeness (QED) is 0.759. The van der Waals surface area contributed by atoms with E-state index in [1.165, 1.54) is 6.07 Å². The lowest BCUT2D eigenvalue weighted by atomic mass is 9.94. The highest BCUT2D eigenvalue weighted by molar-refractivity contribution is 6.07. The molecule has 1 aliphatic heterocycles. The van der Waals surface area contributed by atoms with Gasteiger partial charge in [-0.3, -0.25) is 9.59 Å². The van der Waals surface area contributed by atoms with Gasteiger partial charge in [-0.25, -0.2) is 4.39 Å². The number of rotatable bonds is 2. The average Bonchev–Trinajstić information content (AvgIpc) is 3.03. The Hall–Kier alpha value is -2.89. The smallest absolute Gasteiger partial charge is 0.258 e. The van der Waals surface area contributed by atoms with Crippen molar-refractivity contribution in [3.63, 3.8) is 0 Å². The monoisotopic (exact) mass is 365 g/mol. The van der Waals surface area contributed by atoms with Gasteiger partial charge in [0.1, 0.15) is 5.82 Å². The molecule has 2 aliphatic rings. The van der Waals surface area contributed by atoms with E-state index in [1.807, 2.05) is 30.7 Å². The third-order valence-electron chi connectivity index (χ3n) is 6.28. The van der Waals surface area contributed by atoms with Gasteiger partial charge in [0.25, 0.3) is 11.5 Å². The Morgan fingerprint density at radius 2 is 2.11 bits per heavy atom. The molecule has 1 saturated carbocycles. The van der Waals surface area contributed by atoms with E-state index in [0.29, 0.717) is 29.6 Å². The number of aromatic nitrogens is 2. The number of nitrogens with zero attached hydrogens (tertiary/aromatic N) is 2. The van der Waals surface area contributed by atoms with Crippen LogP contribution in [-0.4, -0.2) is 33.4 Å². The molecule has 27 heavy (non-hydrogen) atoms. The minimum absolute atomic E-state index is 0.153. The molecule has 3 aromatic rings. The van der Waals surface area contributed by atoms with Crippen LogP contribution in [0.4, 0.5) is 4.39 Å². The van der Waals surface area contributed by atoms with Gasteiger partial charge in [-0.1, -0.05) is 18.2 Å². The van der Waals surface area contributed by atoms with Gasteiger partial charge in [0.2, 0.25) is 0 Å². The number of fused-ring (bicyclic) bond motifs is 2. The summed E-state index contributed by atoms with van der Waals surface area (Å²) in [5.74, 6) is -0.0699. The summed E-state index contributed by atoms with van der Waals surface area (Å²) in [5.41, 5.74) is 2.29. The molecular formula is C21H20FN3O2. The largest absolute Gasteiger partial charge is 0.349 e. The van der Waals surface area contributed by atoms with E-state index in [2.05, 4.69) is 4.98 Å². The maximum absolute atomic E-state index is 14.3. The predicted octanol–water partition coefficient (Wildman–Crippen LogP) is 2.73. The standard InChI is InChI=1S/C21H20FN3O2/c1-12-8-23-19(26)17-14(10-24(2)18(12)17)20(27)25-9-13-7-21(13,11-25)15-5-3-4-6-16(15)22/h3-6,8,10,13H,7,9,11H2,1-2H3,(H,23,26). The van der Waals surface area contributed by atoms with Crippen molar-refractivity contribution < 1.29 is 9.18 Å². The molecule has 2 atom stereocenters. The fourth-order valence-electron chi connectivity index (χ4n) is 4.90. The van der Waals surface area contributed by atoms with Crippen LogP contribution < -0.4 is 5.56 Å². The van der Waals surface area contributed by atoms with E-state index in [9.17, 15) is 14.0 Å². The van der Waals surface area contributed by atoms with Gasteiger partial charge in [0.15, 0.2) is 0 Å². The number of hydrogen-bond acceptors (Lipinski definition) is 2. The molecule has 1 amide bonds. The maximum Gasteiger partial charge on any atom is 0.258 e. The van der Waals surface area contributed by atoms with Crippen molar-refractivity contribution in [2.45, 2.75) is 18.8 Å². The number of piperidine rings is 1. The van der Waals surface area contributed by atoms with E-state index >= 15 is 0 Å². The Morgan fingerprint density at radius 3 is 2.89 bits per heavy atom. The number of H-pyrrole nitrogens is 1. The lowest BCUT2D eigenvalue weighted by Crippen LogP contribution is -2.33. The van der Waals surface area contributed by atoms with E-state index in [-0.39, 0.29) is 28.6 Å². The van der Waals surface area contributed by atoms with Crippen LogP contribution in [0.5, 0.6) is 0 Å². The molecule has 3 heterocycles. The molecule has 0 bridgehead atoms. The molecule has 6 heteroatoms. The molecule has 0 spiro atoms. The van der Waals surface area contributed by atoms with E-state index < -0.39 is 0 Å². The van der Waals surface area contributed by atoms with Crippen molar-refractivity contribution in [3.05, 3.63) is 69.5 Å². The van der Waals surface area contributed by atoms with Crippen molar-refractivity contribution in [3.8, 4) is 0 Å². The zero-order valence-corrected chi connectivity index (χ0v) is 15.3. The van der Waals surface area contributed by atoms with Crippen LogP contribution in [0.25, 0.3) is 10.9 Å². The highest BCUT2D eigenvalue weighted by atomic mass is 19.1. The van der Waals surface area contributed by atoms with Gasteiger partial charge in [-0.15, -0.1) is 0 Å². The second-order valence-electron chi connectivity index (χ2n) is 7.90. The third-order valence-corrected chi connectivity index (χ3v) is 6.28. The molecule has 138 valence electrons. The summed E-state index contributed by atoms with van der Waals surface area (Å²) in [6.45, 7) is 3.01. The van der Waals surface area contributed by atoms with Crippen LogP contribution >= 0.6 is 0 Å². The summed E-state index contributed by atoms with van der Waals surface area (Å²) in [6, 6.07) is 6.85. The van der Waals surface area contributed by atoms with Crippen LogP contribution in [-0.2, 0) is 12.5 Å². The lowest BCUT2D eigenvalue weighted by Gasteiger charge is -2.21. The number of halogens is 1. The second-order valence-corrected chi connectivity index (χ2v) is 7.90. The first-order valence-electron chi connectivity index (χ1n) is 9.14. The molecule has 1 saturated heterocycles. The van der Waals surface area contributed by atoms with Gasteiger partial charge in [-0.05, 0) is 36.5 Å². The van der Waals surface area contributed by atoms with E-state index in [0.717, 1.165) is 17.5 Å². The fraction of sp³-hybridized carbons (Fsp3) is 0.333. The minimum atomic E-state index is -0.270. The number of carbonyl (C=O) groups excluding carboxylic acids is 1. The Kier molecular flexibility index (Phi) is 3.21. The number of pyridine rings is 1. The number of aryl methyl sites for hydroxylation is 2. The molecule has 5 rings (SSSR count). The van der Waals surface area contributed by atoms with Crippen molar-refractivity contribution in [2.24, 2.45) is 13.0 Å². The molecule has 2 aromatic heterocycles. The van der Waals surface area contributed by atoms with Gasteiger partial charge < -0.3 is 14.5 Å². The van der Waals surface area contributed by atoms with E-state index in [4.69, 9.17) is 0 Å². The van der Waals surface area contributed by atoms with Crippen LogP contribution in [0.2, 0.25) is 0 Å². The van der Waals surface area contributed by atoms with Crippen molar-refractivity contribution >= 4 is 16.8 Å². The molecule has 1 aromatic carbocycles. The maximum atomic E-state index is 14.3. The van der Waals surface area contributed by atoms with Gasteiger partial charge in [0.05, 0.1) is 16.5 Å². The average molecular weight is 365 g/mol. The number of likely N-dealkylation sites (tertiary alicyclic amines) is 1. The van der Waals surface area contributed by atoms with Crippen LogP contribution in [0.1, 0.15) is 27.9 Å². The lowest BCUT2D eigenvalue weighted by molar-refractivity contribution is 0.0773. The third kappa shape index (κ3) is 2.16. The van der Waals surface area contributed by atoms with Gasteiger partial charge in [0, 0.05) is 37.9 Å². The molecule has 1 aliphatic carbocycles. The summed E-state index contributed by atoms with van der Waals surface area (Å²) in [6.07, 6.45) is 4.30. The zero-order chi connectivity index (χ0) is 18.9. The fourth-order valence-corrected chi connectivity index (χ4v) is 4.90. The molecule has 0 radical (unpaired) electrons. The molecule has 1 N–H and O–H groups in total. The summed E-state index contributed by atoms with van der Waals surface area (Å²) in [4.78, 5) is 30.1. The number of amides is 1. The Morgan fingerprint density at radius 1 is 1.33 bits per heavy atom. The van der Waals surface area contributed by atoms with Crippen LogP contribution in [0.3, 0.4) is 0 Å². The first-order valence-corrected chi connectivity index (χ1v) is 9.14. The first kappa shape index (κ1) is 16.3. The predicted molar refractivity (Wildman–Crippen MR) is 100 cm³/mol. The summed E-state index contributed by atoms with van der Waals surface area (Å²) in [7, 11) is 1.84. The molecule has 2 unspecified atom stereocenters. The highest BCUT2D eigenvalue weighted by Crippen LogP contribution is 2.59. The highest BCUT2D eigenvalue weighted by Gasteiger charge is 2.62. The Bertz CT molecular complexity index is 1160. The van der Waals surface area contributed by atoms with Crippen molar-refractivity contribution in [2.75, 3.05) is 13.1 Å². The summed E-state index contributed by atoms with van der Waals surface area (Å²) < 4.78 is 16.2. The molecular weight excluding hydrogens is 345 g/mol. The normalized spacial score (nSPS) is 23.7. The number of benzene rings is 1. The number of hydrogen-bond donors (Lipinski definition) is 1. The van der Waals surface area contributed by atoms with Crippen LogP contribution in [0.15, 0.2) is 41.5 Å². The van der Waals surface area contributed by atoms with E-state index in [1.54, 1.807) is 23.4 Å². The van der Waals surface area contributed by atoms with Gasteiger partial charge >= 0.3 is 0 Å². The Labute approximate surface area is 155 Å². The summed E-state index contributed by atoms with van der Waals surface area (Å²) >= 11 is 0. The molecule has 5 nitrogen and oxygen atoms in total. The van der Waals surface area contributed by atoms with Crippen LogP contribution in [0, 0.1) is 18.7 Å². The topological polar surface area (TPSA) is 58.1 Å². The first-order chi connectivity index (χ1) is 12.9. The minimum Gasteiger partial charge on any atom is -0.349 e. The summed E-state index contributed by atoms with van der Waals surface area (Å²) in [5, 5.41) is 0.433. The molecule has 2 fully saturated rings. The number of nitrogens with one attached hydrogen (secondary N) is 1. The van der Waals surface area contributed by atoms with Crippen molar-refractivity contribution in [1.82, 2.24) is 14.5 Å². The van der Waals surface area contributed by atoms with Crippen molar-refractivity contribution in [1.29, 1.82) is 0 Å². The second kappa shape index (κ2) is 5.31. The number of carbonyl (C=O) groups is 1. The number of aromatic amines is 1. The Balaban J connectivity index is 1.53.